The van der Waals surface area contributed by atoms with Gasteiger partial charge in [0, 0.05) is 17.9 Å². The van der Waals surface area contributed by atoms with Crippen LogP contribution in [0, 0.1) is 11.7 Å². The van der Waals surface area contributed by atoms with Crippen LogP contribution in [0.2, 0.25) is 0 Å². The van der Waals surface area contributed by atoms with Crippen LogP contribution in [-0.2, 0) is 4.79 Å². The van der Waals surface area contributed by atoms with Crippen molar-refractivity contribution in [3.05, 3.63) is 71.5 Å². The van der Waals surface area contributed by atoms with Crippen molar-refractivity contribution in [1.82, 2.24) is 5.32 Å². The first-order valence-electron chi connectivity index (χ1n) is 7.76. The van der Waals surface area contributed by atoms with E-state index in [1.165, 1.54) is 18.2 Å². The molecule has 0 bridgehead atoms. The first-order chi connectivity index (χ1) is 11.5. The maximum atomic E-state index is 13.2. The molecule has 2 unspecified atom stereocenters. The Balaban J connectivity index is 1.97. The normalized spacial score (nSPS) is 13.1. The van der Waals surface area contributed by atoms with Crippen LogP contribution >= 0.6 is 0 Å². The van der Waals surface area contributed by atoms with E-state index < -0.39 is 17.8 Å². The number of carbonyl (C=O) groups excluding carboxylic acids is 2. The third-order valence-corrected chi connectivity index (χ3v) is 3.77. The van der Waals surface area contributed by atoms with E-state index in [-0.39, 0.29) is 30.3 Å². The summed E-state index contributed by atoms with van der Waals surface area (Å²) in [5.74, 6) is -1.69. The van der Waals surface area contributed by atoms with Gasteiger partial charge >= 0.3 is 0 Å². The molecular weight excluding hydrogens is 309 g/mol. The number of benzene rings is 2. The number of ketones is 1. The Hall–Kier alpha value is -2.53. The molecule has 2 aromatic rings. The SMILES string of the molecule is CC(CC(=O)NC(CO)c1ccccc1)C(=O)c1cccc(F)c1. The van der Waals surface area contributed by atoms with Crippen molar-refractivity contribution >= 4 is 11.7 Å². The highest BCUT2D eigenvalue weighted by Gasteiger charge is 2.21. The standard InChI is InChI=1S/C19H20FNO3/c1-13(19(24)15-8-5-9-16(20)11-15)10-18(23)21-17(12-22)14-6-3-2-4-7-14/h2-9,11,13,17,22H,10,12H2,1H3,(H,21,23). The van der Waals surface area contributed by atoms with Gasteiger partial charge in [-0.3, -0.25) is 9.59 Å². The molecule has 2 rings (SSSR count). The number of aliphatic hydroxyl groups is 1. The highest BCUT2D eigenvalue weighted by molar-refractivity contribution is 5.99. The van der Waals surface area contributed by atoms with E-state index in [1.54, 1.807) is 6.92 Å². The van der Waals surface area contributed by atoms with Crippen LogP contribution < -0.4 is 5.32 Å². The first-order valence-corrected chi connectivity index (χ1v) is 7.76. The van der Waals surface area contributed by atoms with Crippen LogP contribution in [0.5, 0.6) is 0 Å². The lowest BCUT2D eigenvalue weighted by atomic mass is 9.95. The number of carbonyl (C=O) groups is 2. The molecule has 0 saturated carbocycles. The van der Waals surface area contributed by atoms with E-state index in [0.29, 0.717) is 0 Å². The van der Waals surface area contributed by atoms with Crippen LogP contribution in [0.4, 0.5) is 4.39 Å². The topological polar surface area (TPSA) is 66.4 Å². The Labute approximate surface area is 140 Å². The Kier molecular flexibility index (Phi) is 6.21. The summed E-state index contributed by atoms with van der Waals surface area (Å²) in [5, 5.41) is 12.2. The molecule has 2 aromatic carbocycles. The Morgan fingerprint density at radius 3 is 2.46 bits per heavy atom. The molecule has 5 heteroatoms. The molecule has 0 saturated heterocycles. The molecule has 2 atom stereocenters. The van der Waals surface area contributed by atoms with Crippen molar-refractivity contribution in [2.24, 2.45) is 5.92 Å². The fourth-order valence-electron chi connectivity index (χ4n) is 2.47. The summed E-state index contributed by atoms with van der Waals surface area (Å²) in [4.78, 5) is 24.4. The minimum absolute atomic E-state index is 0.0291. The van der Waals surface area contributed by atoms with Gasteiger partial charge in [0.2, 0.25) is 5.91 Å². The second kappa shape index (κ2) is 8.36. The number of hydrogen-bond donors (Lipinski definition) is 2. The van der Waals surface area contributed by atoms with Gasteiger partial charge in [-0.05, 0) is 17.7 Å². The van der Waals surface area contributed by atoms with E-state index in [1.807, 2.05) is 30.3 Å². The molecule has 0 spiro atoms. The summed E-state index contributed by atoms with van der Waals surface area (Å²) < 4.78 is 13.2. The minimum Gasteiger partial charge on any atom is -0.394 e. The molecule has 24 heavy (non-hydrogen) atoms. The average Bonchev–Trinajstić information content (AvgIpc) is 2.59. The average molecular weight is 329 g/mol. The van der Waals surface area contributed by atoms with Gasteiger partial charge in [0.25, 0.3) is 0 Å². The van der Waals surface area contributed by atoms with Crippen LogP contribution in [0.15, 0.2) is 54.6 Å². The summed E-state index contributed by atoms with van der Waals surface area (Å²) >= 11 is 0. The van der Waals surface area contributed by atoms with Crippen LogP contribution in [0.25, 0.3) is 0 Å². The van der Waals surface area contributed by atoms with Gasteiger partial charge < -0.3 is 10.4 Å². The zero-order valence-corrected chi connectivity index (χ0v) is 13.4. The number of rotatable bonds is 7. The molecule has 2 N–H and O–H groups in total. The lowest BCUT2D eigenvalue weighted by Crippen LogP contribution is -2.32. The molecule has 126 valence electrons. The third-order valence-electron chi connectivity index (χ3n) is 3.77. The highest BCUT2D eigenvalue weighted by Crippen LogP contribution is 2.16. The van der Waals surface area contributed by atoms with Crippen LogP contribution in [-0.4, -0.2) is 23.4 Å². The summed E-state index contributed by atoms with van der Waals surface area (Å²) in [6.45, 7) is 1.39. The monoisotopic (exact) mass is 329 g/mol. The quantitative estimate of drug-likeness (QED) is 0.768. The van der Waals surface area contributed by atoms with Gasteiger partial charge in [-0.25, -0.2) is 4.39 Å². The highest BCUT2D eigenvalue weighted by atomic mass is 19.1. The number of Topliss-reactive ketones (excluding diaryl/α,β-unsaturated/α-hetero) is 1. The smallest absolute Gasteiger partial charge is 0.221 e. The van der Waals surface area contributed by atoms with Crippen molar-refractivity contribution in [3.8, 4) is 0 Å². The lowest BCUT2D eigenvalue weighted by Gasteiger charge is -2.18. The van der Waals surface area contributed by atoms with Crippen molar-refractivity contribution in [1.29, 1.82) is 0 Å². The van der Waals surface area contributed by atoms with Gasteiger partial charge in [0.05, 0.1) is 12.6 Å². The lowest BCUT2D eigenvalue weighted by molar-refractivity contribution is -0.122. The summed E-state index contributed by atoms with van der Waals surface area (Å²) in [7, 11) is 0. The molecule has 0 fully saturated rings. The first kappa shape index (κ1) is 17.8. The van der Waals surface area contributed by atoms with E-state index in [0.717, 1.165) is 11.6 Å². The fourth-order valence-corrected chi connectivity index (χ4v) is 2.47. The number of aliphatic hydroxyl groups excluding tert-OH is 1. The van der Waals surface area contributed by atoms with E-state index >= 15 is 0 Å². The van der Waals surface area contributed by atoms with Crippen molar-refractivity contribution in [3.63, 3.8) is 0 Å². The number of nitrogens with one attached hydrogen (secondary N) is 1. The Morgan fingerprint density at radius 2 is 1.83 bits per heavy atom. The van der Waals surface area contributed by atoms with E-state index in [9.17, 15) is 19.1 Å². The number of amides is 1. The van der Waals surface area contributed by atoms with Crippen molar-refractivity contribution in [2.75, 3.05) is 6.61 Å². The Morgan fingerprint density at radius 1 is 1.12 bits per heavy atom. The van der Waals surface area contributed by atoms with Gasteiger partial charge in [0.1, 0.15) is 5.82 Å². The fraction of sp³-hybridized carbons (Fsp3) is 0.263. The largest absolute Gasteiger partial charge is 0.394 e. The summed E-state index contributed by atoms with van der Waals surface area (Å²) in [6.07, 6.45) is -0.0291. The van der Waals surface area contributed by atoms with Gasteiger partial charge in [-0.1, -0.05) is 49.4 Å². The maximum Gasteiger partial charge on any atom is 0.221 e. The molecule has 0 radical (unpaired) electrons. The molecular formula is C19H20FNO3. The second-order valence-electron chi connectivity index (χ2n) is 5.69. The molecule has 0 heterocycles. The van der Waals surface area contributed by atoms with Gasteiger partial charge in [-0.2, -0.15) is 0 Å². The van der Waals surface area contributed by atoms with Gasteiger partial charge in [-0.15, -0.1) is 0 Å². The molecule has 0 aliphatic rings. The van der Waals surface area contributed by atoms with Crippen molar-refractivity contribution < 1.29 is 19.1 Å². The van der Waals surface area contributed by atoms with Crippen molar-refractivity contribution in [2.45, 2.75) is 19.4 Å². The predicted molar refractivity (Wildman–Crippen MR) is 88.9 cm³/mol. The number of hydrogen-bond acceptors (Lipinski definition) is 3. The number of halogens is 1. The Bertz CT molecular complexity index is 703. The molecule has 0 aliphatic heterocycles. The molecule has 0 aromatic heterocycles. The van der Waals surface area contributed by atoms with Gasteiger partial charge in [0.15, 0.2) is 5.78 Å². The molecule has 4 nitrogen and oxygen atoms in total. The van der Waals surface area contributed by atoms with E-state index in [4.69, 9.17) is 0 Å². The van der Waals surface area contributed by atoms with Crippen LogP contribution in [0.3, 0.4) is 0 Å². The van der Waals surface area contributed by atoms with Crippen LogP contribution in [0.1, 0.15) is 35.3 Å². The third kappa shape index (κ3) is 4.73. The zero-order valence-electron chi connectivity index (χ0n) is 13.4. The summed E-state index contributed by atoms with van der Waals surface area (Å²) in [6, 6.07) is 14.0. The molecule has 1 amide bonds. The maximum absolute atomic E-state index is 13.2. The molecule has 0 aliphatic carbocycles. The second-order valence-corrected chi connectivity index (χ2v) is 5.69. The predicted octanol–water partition coefficient (Wildman–Crippen LogP) is 2.88. The zero-order chi connectivity index (χ0) is 17.5. The van der Waals surface area contributed by atoms with E-state index in [2.05, 4.69) is 5.32 Å². The minimum atomic E-state index is -0.582. The summed E-state index contributed by atoms with van der Waals surface area (Å²) in [5.41, 5.74) is 1.04.